The Morgan fingerprint density at radius 2 is 1.87 bits per heavy atom. The van der Waals surface area contributed by atoms with Gasteiger partial charge in [-0.1, -0.05) is 26.2 Å². The largest absolute Gasteiger partial charge is 0.463 e. The second kappa shape index (κ2) is 7.69. The number of carbonyl (C=O) groups excluding carboxylic acids is 1. The summed E-state index contributed by atoms with van der Waals surface area (Å²) in [6.07, 6.45) is 3.20. The van der Waals surface area contributed by atoms with E-state index in [1.165, 1.54) is 0 Å². The van der Waals surface area contributed by atoms with Gasteiger partial charge in [0.15, 0.2) is 0 Å². The van der Waals surface area contributed by atoms with E-state index in [0.717, 1.165) is 19.3 Å². The summed E-state index contributed by atoms with van der Waals surface area (Å²) in [5.41, 5.74) is 0. The molecule has 3 nitrogen and oxygen atoms in total. The summed E-state index contributed by atoms with van der Waals surface area (Å²) < 4.78 is 5.04. The Hall–Kier alpha value is -0.570. The monoisotopic (exact) mass is 216 g/mol. The molecule has 0 saturated carbocycles. The second-order valence-corrected chi connectivity index (χ2v) is 4.34. The molecule has 0 saturated heterocycles. The summed E-state index contributed by atoms with van der Waals surface area (Å²) in [5.74, 6) is -0.710. The molecule has 0 aliphatic rings. The zero-order valence-corrected chi connectivity index (χ0v) is 10.3. The van der Waals surface area contributed by atoms with Gasteiger partial charge in [-0.15, -0.1) is 0 Å². The van der Waals surface area contributed by atoms with Crippen molar-refractivity contribution in [2.45, 2.75) is 65.6 Å². The molecule has 0 aromatic carbocycles. The third kappa shape index (κ3) is 6.50. The Kier molecular flexibility index (Phi) is 7.39. The van der Waals surface area contributed by atoms with Crippen LogP contribution in [0.1, 0.15) is 53.4 Å². The SMILES string of the molecule is CCCCCC(O)C(C)C(=O)OC(C)C. The zero-order valence-electron chi connectivity index (χ0n) is 10.3. The number of aliphatic hydroxyl groups excluding tert-OH is 1. The molecule has 90 valence electrons. The molecular weight excluding hydrogens is 192 g/mol. The minimum Gasteiger partial charge on any atom is -0.463 e. The highest BCUT2D eigenvalue weighted by atomic mass is 16.5. The highest BCUT2D eigenvalue weighted by molar-refractivity contribution is 5.72. The summed E-state index contributed by atoms with van der Waals surface area (Å²) in [5, 5.41) is 9.73. The van der Waals surface area contributed by atoms with Crippen LogP contribution in [0, 0.1) is 5.92 Å². The first kappa shape index (κ1) is 14.4. The Morgan fingerprint density at radius 1 is 1.27 bits per heavy atom. The maximum absolute atomic E-state index is 11.4. The lowest BCUT2D eigenvalue weighted by Crippen LogP contribution is -2.29. The first-order chi connectivity index (χ1) is 6.99. The summed E-state index contributed by atoms with van der Waals surface area (Å²) in [6, 6.07) is 0. The van der Waals surface area contributed by atoms with Crippen molar-refractivity contribution in [3.8, 4) is 0 Å². The molecule has 0 fully saturated rings. The zero-order chi connectivity index (χ0) is 11.8. The van der Waals surface area contributed by atoms with Crippen molar-refractivity contribution in [2.75, 3.05) is 0 Å². The lowest BCUT2D eigenvalue weighted by Gasteiger charge is -2.18. The standard InChI is InChI=1S/C12H24O3/c1-5-6-7-8-11(13)10(4)12(14)15-9(2)3/h9-11,13H,5-8H2,1-4H3. The van der Waals surface area contributed by atoms with E-state index in [2.05, 4.69) is 6.92 Å². The molecule has 0 radical (unpaired) electrons. The summed E-state index contributed by atoms with van der Waals surface area (Å²) in [4.78, 5) is 11.4. The first-order valence-electron chi connectivity index (χ1n) is 5.87. The van der Waals surface area contributed by atoms with E-state index in [1.54, 1.807) is 6.92 Å². The van der Waals surface area contributed by atoms with Gasteiger partial charge in [0.05, 0.1) is 18.1 Å². The predicted molar refractivity (Wildman–Crippen MR) is 60.5 cm³/mol. The maximum atomic E-state index is 11.4. The van der Waals surface area contributed by atoms with Crippen LogP contribution in [0.4, 0.5) is 0 Å². The molecule has 2 unspecified atom stereocenters. The van der Waals surface area contributed by atoms with E-state index in [0.29, 0.717) is 6.42 Å². The molecule has 0 aliphatic carbocycles. The summed E-state index contributed by atoms with van der Waals surface area (Å²) in [6.45, 7) is 7.46. The van der Waals surface area contributed by atoms with Crippen molar-refractivity contribution < 1.29 is 14.6 Å². The Morgan fingerprint density at radius 3 is 2.33 bits per heavy atom. The van der Waals surface area contributed by atoms with Crippen LogP contribution in [-0.2, 0) is 9.53 Å². The van der Waals surface area contributed by atoms with Crippen LogP contribution in [0.3, 0.4) is 0 Å². The van der Waals surface area contributed by atoms with Crippen molar-refractivity contribution in [1.29, 1.82) is 0 Å². The summed E-state index contributed by atoms with van der Waals surface area (Å²) >= 11 is 0. The van der Waals surface area contributed by atoms with Crippen LogP contribution in [0.15, 0.2) is 0 Å². The van der Waals surface area contributed by atoms with Gasteiger partial charge in [-0.2, -0.15) is 0 Å². The molecular formula is C12H24O3. The van der Waals surface area contributed by atoms with Gasteiger partial charge in [0.2, 0.25) is 0 Å². The number of rotatable bonds is 7. The second-order valence-electron chi connectivity index (χ2n) is 4.34. The fourth-order valence-corrected chi connectivity index (χ4v) is 1.35. The first-order valence-corrected chi connectivity index (χ1v) is 5.87. The van der Waals surface area contributed by atoms with Gasteiger partial charge in [0.25, 0.3) is 0 Å². The molecule has 0 heterocycles. The highest BCUT2D eigenvalue weighted by Crippen LogP contribution is 2.13. The molecule has 0 aromatic heterocycles. The van der Waals surface area contributed by atoms with E-state index >= 15 is 0 Å². The quantitative estimate of drug-likeness (QED) is 0.525. The number of unbranched alkanes of at least 4 members (excludes halogenated alkanes) is 2. The van der Waals surface area contributed by atoms with Crippen molar-refractivity contribution >= 4 is 5.97 Å². The van der Waals surface area contributed by atoms with E-state index in [-0.39, 0.29) is 12.1 Å². The Balaban J connectivity index is 3.85. The fraction of sp³-hybridized carbons (Fsp3) is 0.917. The van der Waals surface area contributed by atoms with Gasteiger partial charge in [0, 0.05) is 0 Å². The lowest BCUT2D eigenvalue weighted by molar-refractivity contribution is -0.155. The third-order valence-corrected chi connectivity index (χ3v) is 2.40. The van der Waals surface area contributed by atoms with Crippen LogP contribution in [0.5, 0.6) is 0 Å². The molecule has 0 rings (SSSR count). The summed E-state index contributed by atoms with van der Waals surface area (Å²) in [7, 11) is 0. The van der Waals surface area contributed by atoms with Gasteiger partial charge < -0.3 is 9.84 Å². The number of hydrogen-bond donors (Lipinski definition) is 1. The molecule has 15 heavy (non-hydrogen) atoms. The number of esters is 1. The number of ether oxygens (including phenoxy) is 1. The van der Waals surface area contributed by atoms with Crippen molar-refractivity contribution in [1.82, 2.24) is 0 Å². The van der Waals surface area contributed by atoms with Gasteiger partial charge in [-0.25, -0.2) is 0 Å². The van der Waals surface area contributed by atoms with E-state index in [4.69, 9.17) is 4.74 Å². The molecule has 0 bridgehead atoms. The van der Waals surface area contributed by atoms with Crippen LogP contribution in [0.25, 0.3) is 0 Å². The van der Waals surface area contributed by atoms with Crippen molar-refractivity contribution in [3.63, 3.8) is 0 Å². The normalized spacial score (nSPS) is 15.1. The maximum Gasteiger partial charge on any atom is 0.311 e. The Bertz CT molecular complexity index is 178. The molecule has 0 amide bonds. The van der Waals surface area contributed by atoms with E-state index in [9.17, 15) is 9.90 Å². The van der Waals surface area contributed by atoms with Crippen LogP contribution >= 0.6 is 0 Å². The fourth-order valence-electron chi connectivity index (χ4n) is 1.35. The molecule has 3 heteroatoms. The van der Waals surface area contributed by atoms with Gasteiger partial charge in [0.1, 0.15) is 0 Å². The molecule has 1 N–H and O–H groups in total. The van der Waals surface area contributed by atoms with Crippen molar-refractivity contribution in [2.24, 2.45) is 5.92 Å². The number of carbonyl (C=O) groups is 1. The minimum absolute atomic E-state index is 0.109. The topological polar surface area (TPSA) is 46.5 Å². The average Bonchev–Trinajstić information content (AvgIpc) is 2.15. The molecule has 0 aliphatic heterocycles. The minimum atomic E-state index is -0.567. The van der Waals surface area contributed by atoms with Crippen molar-refractivity contribution in [3.05, 3.63) is 0 Å². The smallest absolute Gasteiger partial charge is 0.311 e. The van der Waals surface area contributed by atoms with Crippen LogP contribution in [0.2, 0.25) is 0 Å². The molecule has 0 aromatic rings. The number of aliphatic hydroxyl groups is 1. The lowest BCUT2D eigenvalue weighted by atomic mass is 9.99. The third-order valence-electron chi connectivity index (χ3n) is 2.40. The molecule has 0 spiro atoms. The number of hydrogen-bond acceptors (Lipinski definition) is 3. The van der Waals surface area contributed by atoms with Gasteiger partial charge in [-0.05, 0) is 27.2 Å². The molecule has 2 atom stereocenters. The van der Waals surface area contributed by atoms with E-state index < -0.39 is 12.0 Å². The van der Waals surface area contributed by atoms with Crippen LogP contribution in [-0.4, -0.2) is 23.3 Å². The predicted octanol–water partition coefficient (Wildman–Crippen LogP) is 2.52. The Labute approximate surface area is 92.8 Å². The highest BCUT2D eigenvalue weighted by Gasteiger charge is 2.23. The van der Waals surface area contributed by atoms with E-state index in [1.807, 2.05) is 13.8 Å². The van der Waals surface area contributed by atoms with Gasteiger partial charge >= 0.3 is 5.97 Å². The van der Waals surface area contributed by atoms with Gasteiger partial charge in [-0.3, -0.25) is 4.79 Å². The van der Waals surface area contributed by atoms with Crippen LogP contribution < -0.4 is 0 Å². The average molecular weight is 216 g/mol.